The molecular formula is C21H23ClN4O5. The number of carbonyl (C=O) groups is 2. The lowest BCUT2D eigenvalue weighted by Gasteiger charge is -2.30. The summed E-state index contributed by atoms with van der Waals surface area (Å²) in [5, 5.41) is 16.5. The second-order valence-electron chi connectivity index (χ2n) is 7.21. The molecule has 0 aromatic heterocycles. The Bertz CT molecular complexity index is 976. The minimum absolute atomic E-state index is 0.0106. The highest BCUT2D eigenvalue weighted by molar-refractivity contribution is 6.32. The zero-order chi connectivity index (χ0) is 22.4. The van der Waals surface area contributed by atoms with Crippen LogP contribution in [0.1, 0.15) is 12.8 Å². The van der Waals surface area contributed by atoms with E-state index >= 15 is 0 Å². The summed E-state index contributed by atoms with van der Waals surface area (Å²) in [4.78, 5) is 37.2. The number of hydrogen-bond donors (Lipinski definition) is 2. The predicted molar refractivity (Wildman–Crippen MR) is 118 cm³/mol. The summed E-state index contributed by atoms with van der Waals surface area (Å²) in [6, 6.07) is 11.4. The fraction of sp³-hybridized carbons (Fsp3) is 0.333. The van der Waals surface area contributed by atoms with Gasteiger partial charge in [0.05, 0.1) is 24.3 Å². The smallest absolute Gasteiger partial charge is 0.289 e. The maximum absolute atomic E-state index is 12.6. The molecule has 164 valence electrons. The molecule has 2 aromatic rings. The van der Waals surface area contributed by atoms with Crippen LogP contribution in [0.15, 0.2) is 42.5 Å². The Labute approximate surface area is 184 Å². The van der Waals surface area contributed by atoms with E-state index in [1.165, 1.54) is 18.2 Å². The maximum atomic E-state index is 12.6. The van der Waals surface area contributed by atoms with Crippen molar-refractivity contribution < 1.29 is 19.2 Å². The van der Waals surface area contributed by atoms with E-state index in [4.69, 9.17) is 16.3 Å². The Hall–Kier alpha value is -3.17. The summed E-state index contributed by atoms with van der Waals surface area (Å²) in [7, 11) is 1.55. The van der Waals surface area contributed by atoms with Crippen molar-refractivity contribution in [1.82, 2.24) is 4.90 Å². The third-order valence-corrected chi connectivity index (χ3v) is 5.44. The largest absolute Gasteiger partial charge is 0.495 e. The van der Waals surface area contributed by atoms with Crippen molar-refractivity contribution in [2.75, 3.05) is 37.4 Å². The number of anilines is 2. The van der Waals surface area contributed by atoms with Gasteiger partial charge in [-0.05, 0) is 50.2 Å². The fourth-order valence-electron chi connectivity index (χ4n) is 3.47. The monoisotopic (exact) mass is 446 g/mol. The van der Waals surface area contributed by atoms with Crippen LogP contribution in [0, 0.1) is 16.0 Å². The zero-order valence-electron chi connectivity index (χ0n) is 17.0. The average molecular weight is 447 g/mol. The second-order valence-corrected chi connectivity index (χ2v) is 7.62. The first-order valence-electron chi connectivity index (χ1n) is 9.77. The van der Waals surface area contributed by atoms with Gasteiger partial charge in [-0.2, -0.15) is 0 Å². The van der Waals surface area contributed by atoms with Crippen LogP contribution >= 0.6 is 11.6 Å². The minimum atomic E-state index is -0.598. The van der Waals surface area contributed by atoms with Crippen LogP contribution < -0.4 is 15.4 Å². The van der Waals surface area contributed by atoms with Crippen LogP contribution in [0.5, 0.6) is 5.75 Å². The van der Waals surface area contributed by atoms with Crippen molar-refractivity contribution in [3.05, 3.63) is 57.6 Å². The second kappa shape index (κ2) is 10.2. The number of para-hydroxylation sites is 2. The molecule has 2 N–H and O–H groups in total. The number of ether oxygens (including phenoxy) is 1. The predicted octanol–water partition coefficient (Wildman–Crippen LogP) is 3.55. The van der Waals surface area contributed by atoms with E-state index in [0.717, 1.165) is 0 Å². The molecule has 0 spiro atoms. The molecule has 1 aliphatic rings. The Morgan fingerprint density at radius 2 is 1.90 bits per heavy atom. The van der Waals surface area contributed by atoms with Crippen LogP contribution in [0.25, 0.3) is 0 Å². The quantitative estimate of drug-likeness (QED) is 0.496. The van der Waals surface area contributed by atoms with E-state index in [0.29, 0.717) is 43.1 Å². The molecule has 10 heteroatoms. The van der Waals surface area contributed by atoms with Gasteiger partial charge in [-0.15, -0.1) is 0 Å². The Morgan fingerprint density at radius 3 is 2.58 bits per heavy atom. The number of piperidine rings is 1. The lowest BCUT2D eigenvalue weighted by Crippen LogP contribution is -2.41. The molecule has 0 aliphatic carbocycles. The number of nitro groups is 1. The zero-order valence-corrected chi connectivity index (χ0v) is 17.7. The van der Waals surface area contributed by atoms with E-state index in [-0.39, 0.29) is 35.0 Å². The number of benzene rings is 2. The first-order valence-corrected chi connectivity index (χ1v) is 10.1. The molecule has 0 radical (unpaired) electrons. The molecule has 1 heterocycles. The molecule has 31 heavy (non-hydrogen) atoms. The van der Waals surface area contributed by atoms with Gasteiger partial charge in [-0.1, -0.05) is 23.7 Å². The number of nitrogens with zero attached hydrogens (tertiary/aromatic N) is 2. The first-order chi connectivity index (χ1) is 14.9. The van der Waals surface area contributed by atoms with Gasteiger partial charge in [0.15, 0.2) is 0 Å². The number of rotatable bonds is 7. The fourth-order valence-corrected chi connectivity index (χ4v) is 3.66. The van der Waals surface area contributed by atoms with Gasteiger partial charge < -0.3 is 15.4 Å². The van der Waals surface area contributed by atoms with Crippen molar-refractivity contribution in [1.29, 1.82) is 0 Å². The molecule has 1 saturated heterocycles. The number of likely N-dealkylation sites (tertiary alicyclic amines) is 1. The van der Waals surface area contributed by atoms with Gasteiger partial charge in [-0.3, -0.25) is 24.6 Å². The summed E-state index contributed by atoms with van der Waals surface area (Å²) >= 11 is 5.79. The number of carbonyl (C=O) groups excluding carboxylic acids is 2. The number of amides is 2. The molecule has 0 atom stereocenters. The van der Waals surface area contributed by atoms with Gasteiger partial charge in [-0.25, -0.2) is 0 Å². The van der Waals surface area contributed by atoms with Crippen molar-refractivity contribution >= 4 is 40.5 Å². The lowest BCUT2D eigenvalue weighted by atomic mass is 9.95. The summed E-state index contributed by atoms with van der Waals surface area (Å²) in [6.45, 7) is 1.33. The summed E-state index contributed by atoms with van der Waals surface area (Å²) in [6.07, 6.45) is 1.25. The molecule has 2 amide bonds. The third-order valence-electron chi connectivity index (χ3n) is 5.12. The number of nitro benzene ring substituents is 1. The summed E-state index contributed by atoms with van der Waals surface area (Å²) in [5.74, 6) is 0.103. The maximum Gasteiger partial charge on any atom is 0.289 e. The van der Waals surface area contributed by atoms with E-state index in [1.54, 1.807) is 19.2 Å². The SMILES string of the molecule is COc1ccccc1NC(=O)C1CCN(CC(=O)Nc2ccc(Cl)c([N+](=O)[O-])c2)CC1. The Balaban J connectivity index is 1.48. The van der Waals surface area contributed by atoms with Gasteiger partial charge in [0.25, 0.3) is 5.69 Å². The molecule has 0 unspecified atom stereocenters. The van der Waals surface area contributed by atoms with E-state index in [2.05, 4.69) is 10.6 Å². The van der Waals surface area contributed by atoms with Crippen LogP contribution in [0.3, 0.4) is 0 Å². The highest BCUT2D eigenvalue weighted by Gasteiger charge is 2.26. The number of nitrogens with one attached hydrogen (secondary N) is 2. The van der Waals surface area contributed by atoms with Crippen LogP contribution in [-0.2, 0) is 9.59 Å². The van der Waals surface area contributed by atoms with Crippen LogP contribution in [0.2, 0.25) is 5.02 Å². The highest BCUT2D eigenvalue weighted by atomic mass is 35.5. The van der Waals surface area contributed by atoms with Crippen molar-refractivity contribution in [3.8, 4) is 5.75 Å². The summed E-state index contributed by atoms with van der Waals surface area (Å²) in [5.41, 5.74) is 0.683. The van der Waals surface area contributed by atoms with Gasteiger partial charge >= 0.3 is 0 Å². The standard InChI is InChI=1S/C21H23ClN4O5/c1-31-19-5-3-2-4-17(19)24-21(28)14-8-10-25(11-9-14)13-20(27)23-15-6-7-16(22)18(12-15)26(29)30/h2-7,12,14H,8-11,13H2,1H3,(H,23,27)(H,24,28). The highest BCUT2D eigenvalue weighted by Crippen LogP contribution is 2.28. The first kappa shape index (κ1) is 22.5. The molecule has 1 aliphatic heterocycles. The van der Waals surface area contributed by atoms with E-state index in [1.807, 2.05) is 17.0 Å². The number of hydrogen-bond acceptors (Lipinski definition) is 6. The molecule has 9 nitrogen and oxygen atoms in total. The molecule has 3 rings (SSSR count). The van der Waals surface area contributed by atoms with Gasteiger partial charge in [0.2, 0.25) is 11.8 Å². The lowest BCUT2D eigenvalue weighted by molar-refractivity contribution is -0.384. The van der Waals surface area contributed by atoms with Gasteiger partial charge in [0, 0.05) is 17.7 Å². The Kier molecular flexibility index (Phi) is 7.43. The van der Waals surface area contributed by atoms with Crippen molar-refractivity contribution in [2.24, 2.45) is 5.92 Å². The van der Waals surface area contributed by atoms with Crippen LogP contribution in [0.4, 0.5) is 17.1 Å². The number of halogens is 1. The molecule has 0 saturated carbocycles. The van der Waals surface area contributed by atoms with Crippen molar-refractivity contribution in [3.63, 3.8) is 0 Å². The average Bonchev–Trinajstić information content (AvgIpc) is 2.75. The van der Waals surface area contributed by atoms with E-state index in [9.17, 15) is 19.7 Å². The van der Waals surface area contributed by atoms with E-state index < -0.39 is 4.92 Å². The summed E-state index contributed by atoms with van der Waals surface area (Å²) < 4.78 is 5.26. The topological polar surface area (TPSA) is 114 Å². The molecular weight excluding hydrogens is 424 g/mol. The normalized spacial score (nSPS) is 14.6. The van der Waals surface area contributed by atoms with Crippen LogP contribution in [-0.4, -0.2) is 48.4 Å². The molecule has 0 bridgehead atoms. The minimum Gasteiger partial charge on any atom is -0.495 e. The van der Waals surface area contributed by atoms with Gasteiger partial charge in [0.1, 0.15) is 10.8 Å². The van der Waals surface area contributed by atoms with Crippen molar-refractivity contribution in [2.45, 2.75) is 12.8 Å². The Morgan fingerprint density at radius 1 is 1.19 bits per heavy atom. The molecule has 2 aromatic carbocycles. The number of methoxy groups -OCH3 is 1. The third kappa shape index (κ3) is 5.93. The molecule has 1 fully saturated rings.